The van der Waals surface area contributed by atoms with E-state index in [9.17, 15) is 19.5 Å². The summed E-state index contributed by atoms with van der Waals surface area (Å²) in [5.41, 5.74) is 1.59. The maximum atomic E-state index is 12.4. The van der Waals surface area contributed by atoms with Crippen molar-refractivity contribution in [1.82, 2.24) is 15.1 Å². The van der Waals surface area contributed by atoms with Crippen LogP contribution in [0.3, 0.4) is 0 Å². The van der Waals surface area contributed by atoms with E-state index in [1.807, 2.05) is 23.1 Å². The Morgan fingerprint density at radius 3 is 2.52 bits per heavy atom. The molecule has 29 heavy (non-hydrogen) atoms. The van der Waals surface area contributed by atoms with E-state index >= 15 is 0 Å². The molecule has 152 valence electrons. The Balaban J connectivity index is 1.27. The Hall–Kier alpha value is -2.97. The van der Waals surface area contributed by atoms with Crippen LogP contribution in [0.5, 0.6) is 0 Å². The van der Waals surface area contributed by atoms with E-state index in [1.54, 1.807) is 24.3 Å². The van der Waals surface area contributed by atoms with Crippen LogP contribution >= 0.6 is 0 Å². The van der Waals surface area contributed by atoms with E-state index in [0.29, 0.717) is 30.7 Å². The van der Waals surface area contributed by atoms with Crippen LogP contribution in [0.4, 0.5) is 0 Å². The molecule has 2 aliphatic heterocycles. The van der Waals surface area contributed by atoms with Gasteiger partial charge in [0, 0.05) is 18.8 Å². The lowest BCUT2D eigenvalue weighted by molar-refractivity contribution is -0.144. The average Bonchev–Trinajstić information content (AvgIpc) is 2.98. The molecule has 1 unspecified atom stereocenters. The number of allylic oxidation sites excluding steroid dienone is 1. The number of hydrogen-bond donors (Lipinski definition) is 2. The molecule has 2 N–H and O–H groups in total. The molecule has 4 rings (SSSR count). The number of ether oxygens (including phenoxy) is 1. The number of nitrogens with zero attached hydrogens (tertiary/aromatic N) is 2. The number of aliphatic hydroxyl groups excluding tert-OH is 1. The first kappa shape index (κ1) is 19.4. The van der Waals surface area contributed by atoms with Crippen LogP contribution in [-0.2, 0) is 9.53 Å². The smallest absolute Gasteiger partial charge is 0.261 e. The van der Waals surface area contributed by atoms with E-state index in [4.69, 9.17) is 4.74 Å². The number of morpholine rings is 1. The fraction of sp³-hybridized carbons (Fsp3) is 0.381. The minimum Gasteiger partial charge on any atom is -0.389 e. The third kappa shape index (κ3) is 3.94. The van der Waals surface area contributed by atoms with Gasteiger partial charge in [-0.2, -0.15) is 0 Å². The monoisotopic (exact) mass is 397 g/mol. The summed E-state index contributed by atoms with van der Waals surface area (Å²) in [7, 11) is 0. The van der Waals surface area contributed by atoms with Gasteiger partial charge in [0.05, 0.1) is 36.4 Å². The quantitative estimate of drug-likeness (QED) is 0.670. The van der Waals surface area contributed by atoms with Gasteiger partial charge in [-0.3, -0.25) is 19.3 Å². The Bertz CT molecular complexity index is 859. The van der Waals surface area contributed by atoms with Crippen LogP contribution in [0.15, 0.2) is 48.2 Å². The summed E-state index contributed by atoms with van der Waals surface area (Å²) in [6.07, 6.45) is 5.60. The van der Waals surface area contributed by atoms with Crippen molar-refractivity contribution in [3.63, 3.8) is 0 Å². The number of hydrogen-bond acceptors (Lipinski definition) is 6. The lowest BCUT2D eigenvalue weighted by atomic mass is 10.0. The molecule has 2 atom stereocenters. The molecule has 1 aliphatic carbocycles. The first-order valence-corrected chi connectivity index (χ1v) is 9.67. The van der Waals surface area contributed by atoms with Crippen LogP contribution in [0.25, 0.3) is 0 Å². The molecule has 0 saturated carbocycles. The van der Waals surface area contributed by atoms with E-state index in [0.717, 1.165) is 10.6 Å². The third-order valence-corrected chi connectivity index (χ3v) is 5.31. The molecule has 1 aromatic carbocycles. The number of nitrogens with one attached hydrogen (secondary N) is 1. The summed E-state index contributed by atoms with van der Waals surface area (Å²) in [5, 5.41) is 13.4. The molecule has 0 aromatic heterocycles. The van der Waals surface area contributed by atoms with Gasteiger partial charge in [-0.25, -0.2) is 0 Å². The standard InChI is InChI=1S/C21H23N3O5/c25-16(12-24-20(27)17-3-1-2-4-18(17)21(24)28)11-22-14-5-7-15(8-6-14)23-9-10-29-13-19(23)26/h1-7,15-16,22,25H,8-13H2/t15?,16-/m1/s1. The first-order valence-electron chi connectivity index (χ1n) is 9.67. The highest BCUT2D eigenvalue weighted by molar-refractivity contribution is 6.21. The maximum Gasteiger partial charge on any atom is 0.261 e. The van der Waals surface area contributed by atoms with Gasteiger partial charge in [0.2, 0.25) is 5.91 Å². The summed E-state index contributed by atoms with van der Waals surface area (Å²) in [4.78, 5) is 39.6. The first-order chi connectivity index (χ1) is 14.0. The number of amides is 3. The van der Waals surface area contributed by atoms with Crippen molar-refractivity contribution in [1.29, 1.82) is 0 Å². The molecule has 0 bridgehead atoms. The Morgan fingerprint density at radius 2 is 1.90 bits per heavy atom. The zero-order valence-electron chi connectivity index (χ0n) is 15.9. The van der Waals surface area contributed by atoms with Crippen LogP contribution in [0.2, 0.25) is 0 Å². The van der Waals surface area contributed by atoms with Crippen LogP contribution < -0.4 is 5.32 Å². The topological polar surface area (TPSA) is 99.2 Å². The second-order valence-electron chi connectivity index (χ2n) is 7.26. The van der Waals surface area contributed by atoms with Gasteiger partial charge in [0.25, 0.3) is 11.8 Å². The predicted octanol–water partition coefficient (Wildman–Crippen LogP) is 0.304. The molecule has 8 heteroatoms. The zero-order chi connectivity index (χ0) is 20.4. The lowest BCUT2D eigenvalue weighted by Crippen LogP contribution is -2.47. The molecule has 2 heterocycles. The second kappa shape index (κ2) is 8.18. The number of carbonyl (C=O) groups is 3. The molecule has 0 radical (unpaired) electrons. The van der Waals surface area contributed by atoms with Gasteiger partial charge in [0.15, 0.2) is 0 Å². The van der Waals surface area contributed by atoms with Crippen LogP contribution in [0.1, 0.15) is 27.1 Å². The summed E-state index contributed by atoms with van der Waals surface area (Å²) in [5.74, 6) is -0.758. The number of imide groups is 1. The maximum absolute atomic E-state index is 12.4. The highest BCUT2D eigenvalue weighted by atomic mass is 16.5. The normalized spacial score (nSPS) is 22.6. The van der Waals surface area contributed by atoms with Crippen molar-refractivity contribution in [2.45, 2.75) is 18.6 Å². The number of rotatable bonds is 6. The van der Waals surface area contributed by atoms with Gasteiger partial charge in [0.1, 0.15) is 6.61 Å². The molecular formula is C21H23N3O5. The summed E-state index contributed by atoms with van der Waals surface area (Å²) in [6.45, 7) is 1.40. The molecule has 3 aliphatic rings. The largest absolute Gasteiger partial charge is 0.389 e. The average molecular weight is 397 g/mol. The van der Waals surface area contributed by atoms with Crippen molar-refractivity contribution >= 4 is 17.7 Å². The van der Waals surface area contributed by atoms with Gasteiger partial charge in [-0.1, -0.05) is 24.3 Å². The van der Waals surface area contributed by atoms with Crippen molar-refractivity contribution in [2.75, 3.05) is 32.8 Å². The van der Waals surface area contributed by atoms with Gasteiger partial charge in [-0.05, 0) is 24.6 Å². The fourth-order valence-corrected chi connectivity index (χ4v) is 3.77. The lowest BCUT2D eigenvalue weighted by Gasteiger charge is -2.33. The summed E-state index contributed by atoms with van der Waals surface area (Å²) < 4.78 is 5.16. The summed E-state index contributed by atoms with van der Waals surface area (Å²) in [6, 6.07) is 6.68. The Labute approximate surface area is 168 Å². The second-order valence-corrected chi connectivity index (χ2v) is 7.26. The molecule has 3 amide bonds. The van der Waals surface area contributed by atoms with Crippen molar-refractivity contribution < 1.29 is 24.2 Å². The number of β-amino-alcohol motifs (C(OH)–C–C–N with tert-alkyl or cyclic N) is 1. The highest BCUT2D eigenvalue weighted by Crippen LogP contribution is 2.22. The highest BCUT2D eigenvalue weighted by Gasteiger charge is 2.36. The zero-order valence-corrected chi connectivity index (χ0v) is 15.9. The number of carbonyl (C=O) groups excluding carboxylic acids is 3. The van der Waals surface area contributed by atoms with E-state index in [1.165, 1.54) is 0 Å². The van der Waals surface area contributed by atoms with Crippen molar-refractivity contribution in [3.05, 3.63) is 59.3 Å². The fourth-order valence-electron chi connectivity index (χ4n) is 3.77. The summed E-state index contributed by atoms with van der Waals surface area (Å²) >= 11 is 0. The van der Waals surface area contributed by atoms with Gasteiger partial charge < -0.3 is 20.1 Å². The molecule has 8 nitrogen and oxygen atoms in total. The van der Waals surface area contributed by atoms with Crippen molar-refractivity contribution in [3.8, 4) is 0 Å². The van der Waals surface area contributed by atoms with E-state index in [2.05, 4.69) is 5.32 Å². The van der Waals surface area contributed by atoms with Gasteiger partial charge in [-0.15, -0.1) is 0 Å². The van der Waals surface area contributed by atoms with E-state index in [-0.39, 0.29) is 43.5 Å². The molecular weight excluding hydrogens is 374 g/mol. The van der Waals surface area contributed by atoms with Crippen LogP contribution in [0, 0.1) is 0 Å². The minimum atomic E-state index is -0.898. The number of fused-ring (bicyclic) bond motifs is 1. The SMILES string of the molecule is O=C1c2ccccc2C(=O)N1C[C@H](O)CNC1=CCC(N2CCOCC2=O)C=C1. The van der Waals surface area contributed by atoms with Crippen LogP contribution in [-0.4, -0.2) is 77.6 Å². The minimum absolute atomic E-state index is 0.00734. The van der Waals surface area contributed by atoms with Crippen molar-refractivity contribution in [2.24, 2.45) is 0 Å². The number of aliphatic hydroxyl groups is 1. The van der Waals surface area contributed by atoms with Gasteiger partial charge >= 0.3 is 0 Å². The Kier molecular flexibility index (Phi) is 5.46. The van der Waals surface area contributed by atoms with E-state index < -0.39 is 6.10 Å². The molecule has 0 spiro atoms. The Morgan fingerprint density at radius 1 is 1.17 bits per heavy atom. The third-order valence-electron chi connectivity index (χ3n) is 5.31. The molecule has 1 fully saturated rings. The molecule has 1 aromatic rings. The molecule has 1 saturated heterocycles. The predicted molar refractivity (Wildman–Crippen MR) is 104 cm³/mol. The number of benzene rings is 1.